The van der Waals surface area contributed by atoms with E-state index in [1.54, 1.807) is 0 Å². The molecule has 0 aromatic rings. The molecule has 2 saturated heterocycles. The van der Waals surface area contributed by atoms with E-state index < -0.39 is 0 Å². The van der Waals surface area contributed by atoms with Crippen LogP contribution in [0.1, 0.15) is 26.2 Å². The van der Waals surface area contributed by atoms with Crippen LogP contribution in [0, 0.1) is 5.41 Å². The van der Waals surface area contributed by atoms with Gasteiger partial charge >= 0.3 is 0 Å². The average Bonchev–Trinajstić information content (AvgIpc) is 2.59. The third-order valence-corrected chi connectivity index (χ3v) is 4.69. The highest BCUT2D eigenvalue weighted by Crippen LogP contribution is 2.43. The molecule has 0 spiro atoms. The number of thioether (sulfide) groups is 1. The fourth-order valence-corrected chi connectivity index (χ4v) is 3.67. The minimum absolute atomic E-state index is 0.241. The van der Waals surface area contributed by atoms with Crippen LogP contribution in [0.4, 0.5) is 0 Å². The minimum Gasteiger partial charge on any atom is -0.355 e. The minimum atomic E-state index is 0.241. The molecule has 0 radical (unpaired) electrons. The van der Waals surface area contributed by atoms with Crippen molar-refractivity contribution in [3.05, 3.63) is 0 Å². The monoisotopic (exact) mass is 185 g/mol. The molecule has 0 aromatic heterocycles. The Hall–Kier alpha value is -0.180. The summed E-state index contributed by atoms with van der Waals surface area (Å²) in [6.07, 6.45) is 3.37. The Morgan fingerprint density at radius 2 is 2.50 bits per heavy atom. The van der Waals surface area contributed by atoms with Crippen molar-refractivity contribution in [3.63, 3.8) is 0 Å². The summed E-state index contributed by atoms with van der Waals surface area (Å²) >= 11 is 2.05. The first kappa shape index (κ1) is 8.42. The first-order valence-electron chi connectivity index (χ1n) is 4.59. The molecule has 3 heteroatoms. The predicted molar refractivity (Wildman–Crippen MR) is 51.2 cm³/mol. The maximum absolute atomic E-state index is 11.1. The predicted octanol–water partition coefficient (Wildman–Crippen LogP) is 1.41. The van der Waals surface area contributed by atoms with E-state index in [2.05, 4.69) is 12.2 Å². The molecule has 0 aliphatic carbocycles. The highest BCUT2D eigenvalue weighted by atomic mass is 32.2. The molecular weight excluding hydrogens is 170 g/mol. The van der Waals surface area contributed by atoms with Gasteiger partial charge in [-0.25, -0.2) is 0 Å². The largest absolute Gasteiger partial charge is 0.355 e. The van der Waals surface area contributed by atoms with Gasteiger partial charge in [0.05, 0.1) is 0 Å². The summed E-state index contributed by atoms with van der Waals surface area (Å²) in [6.45, 7) is 3.14. The lowest BCUT2D eigenvalue weighted by Gasteiger charge is -2.28. The molecule has 0 saturated carbocycles. The van der Waals surface area contributed by atoms with Gasteiger partial charge in [-0.15, -0.1) is 0 Å². The summed E-state index contributed by atoms with van der Waals surface area (Å²) in [6, 6.07) is 0. The van der Waals surface area contributed by atoms with Crippen LogP contribution in [0.3, 0.4) is 0 Å². The SMILES string of the molecule is CC1(C2CCCS2)CNC(=O)C1. The van der Waals surface area contributed by atoms with Crippen molar-refractivity contribution in [3.8, 4) is 0 Å². The Bertz CT molecular complexity index is 201. The van der Waals surface area contributed by atoms with E-state index in [4.69, 9.17) is 0 Å². The van der Waals surface area contributed by atoms with E-state index in [9.17, 15) is 4.79 Å². The van der Waals surface area contributed by atoms with Crippen molar-refractivity contribution in [1.82, 2.24) is 5.32 Å². The van der Waals surface area contributed by atoms with Crippen LogP contribution in [-0.4, -0.2) is 23.5 Å². The third-order valence-electron chi connectivity index (χ3n) is 2.96. The lowest BCUT2D eigenvalue weighted by molar-refractivity contribution is -0.119. The summed E-state index contributed by atoms with van der Waals surface area (Å²) in [5, 5.41) is 3.65. The highest BCUT2D eigenvalue weighted by molar-refractivity contribution is 8.00. The smallest absolute Gasteiger partial charge is 0.220 e. The number of amides is 1. The number of hydrogen-bond donors (Lipinski definition) is 1. The van der Waals surface area contributed by atoms with Crippen molar-refractivity contribution in [2.24, 2.45) is 5.41 Å². The van der Waals surface area contributed by atoms with E-state index in [0.29, 0.717) is 0 Å². The maximum atomic E-state index is 11.1. The fourth-order valence-electron chi connectivity index (χ4n) is 2.15. The molecule has 0 bridgehead atoms. The first-order valence-corrected chi connectivity index (χ1v) is 5.64. The average molecular weight is 185 g/mol. The second-order valence-electron chi connectivity index (χ2n) is 4.11. The number of rotatable bonds is 1. The third kappa shape index (κ3) is 1.35. The molecule has 2 unspecified atom stereocenters. The fraction of sp³-hybridized carbons (Fsp3) is 0.889. The second kappa shape index (κ2) is 2.95. The van der Waals surface area contributed by atoms with Gasteiger partial charge in [-0.2, -0.15) is 11.8 Å². The van der Waals surface area contributed by atoms with Gasteiger partial charge in [-0.3, -0.25) is 4.79 Å². The van der Waals surface area contributed by atoms with E-state index in [1.165, 1.54) is 18.6 Å². The molecule has 2 nitrogen and oxygen atoms in total. The van der Waals surface area contributed by atoms with Gasteiger partial charge in [0, 0.05) is 23.6 Å². The normalized spacial score (nSPS) is 41.8. The van der Waals surface area contributed by atoms with Crippen molar-refractivity contribution in [1.29, 1.82) is 0 Å². The molecule has 0 aromatic carbocycles. The summed E-state index contributed by atoms with van der Waals surface area (Å²) in [5.74, 6) is 1.53. The zero-order valence-electron chi connectivity index (χ0n) is 7.43. The number of hydrogen-bond acceptors (Lipinski definition) is 2. The number of nitrogens with one attached hydrogen (secondary N) is 1. The molecular formula is C9H15NOS. The van der Waals surface area contributed by atoms with E-state index >= 15 is 0 Å². The molecule has 2 atom stereocenters. The number of carbonyl (C=O) groups is 1. The first-order chi connectivity index (χ1) is 5.71. The Morgan fingerprint density at radius 1 is 1.67 bits per heavy atom. The molecule has 12 heavy (non-hydrogen) atoms. The second-order valence-corrected chi connectivity index (χ2v) is 5.42. The van der Waals surface area contributed by atoms with Crippen LogP contribution < -0.4 is 5.32 Å². The van der Waals surface area contributed by atoms with Gasteiger partial charge in [-0.1, -0.05) is 6.92 Å². The van der Waals surface area contributed by atoms with Crippen LogP contribution >= 0.6 is 11.8 Å². The lowest BCUT2D eigenvalue weighted by Crippen LogP contribution is -2.30. The van der Waals surface area contributed by atoms with Crippen molar-refractivity contribution in [2.45, 2.75) is 31.4 Å². The number of carbonyl (C=O) groups excluding carboxylic acids is 1. The zero-order valence-corrected chi connectivity index (χ0v) is 8.25. The van der Waals surface area contributed by atoms with Crippen molar-refractivity contribution < 1.29 is 4.79 Å². The summed E-state index contributed by atoms with van der Waals surface area (Å²) < 4.78 is 0. The molecule has 2 aliphatic rings. The van der Waals surface area contributed by atoms with Crippen LogP contribution in [0.5, 0.6) is 0 Å². The topological polar surface area (TPSA) is 29.1 Å². The van der Waals surface area contributed by atoms with Gasteiger partial charge in [0.2, 0.25) is 5.91 Å². The van der Waals surface area contributed by atoms with Gasteiger partial charge < -0.3 is 5.32 Å². The standard InChI is InChI=1S/C9H15NOS/c1-9(5-8(11)10-6-9)7-3-2-4-12-7/h7H,2-6H2,1H3,(H,10,11). The van der Waals surface area contributed by atoms with E-state index in [0.717, 1.165) is 18.2 Å². The summed E-state index contributed by atoms with van der Waals surface area (Å²) in [4.78, 5) is 11.1. The quantitative estimate of drug-likeness (QED) is 0.669. The van der Waals surface area contributed by atoms with E-state index in [-0.39, 0.29) is 11.3 Å². The Kier molecular flexibility index (Phi) is 2.07. The Labute approximate surface area is 77.5 Å². The van der Waals surface area contributed by atoms with Crippen LogP contribution in [0.25, 0.3) is 0 Å². The van der Waals surface area contributed by atoms with Gasteiger partial charge in [0.1, 0.15) is 0 Å². The van der Waals surface area contributed by atoms with E-state index in [1.807, 2.05) is 11.8 Å². The highest BCUT2D eigenvalue weighted by Gasteiger charge is 2.42. The molecule has 2 heterocycles. The Morgan fingerprint density at radius 3 is 3.00 bits per heavy atom. The van der Waals surface area contributed by atoms with Gasteiger partial charge in [0.15, 0.2) is 0 Å². The molecule has 1 amide bonds. The van der Waals surface area contributed by atoms with Crippen LogP contribution in [-0.2, 0) is 4.79 Å². The molecule has 2 rings (SSSR count). The van der Waals surface area contributed by atoms with Crippen LogP contribution in [0.15, 0.2) is 0 Å². The summed E-state index contributed by atoms with van der Waals surface area (Å²) in [5.41, 5.74) is 0.248. The molecule has 68 valence electrons. The summed E-state index contributed by atoms with van der Waals surface area (Å²) in [7, 11) is 0. The van der Waals surface area contributed by atoms with Crippen LogP contribution in [0.2, 0.25) is 0 Å². The molecule has 2 aliphatic heterocycles. The van der Waals surface area contributed by atoms with Crippen molar-refractivity contribution in [2.75, 3.05) is 12.3 Å². The Balaban J connectivity index is 2.05. The maximum Gasteiger partial charge on any atom is 0.220 e. The van der Waals surface area contributed by atoms with Crippen molar-refractivity contribution >= 4 is 17.7 Å². The van der Waals surface area contributed by atoms with Gasteiger partial charge in [-0.05, 0) is 18.6 Å². The lowest BCUT2D eigenvalue weighted by atomic mass is 9.84. The van der Waals surface area contributed by atoms with Gasteiger partial charge in [0.25, 0.3) is 0 Å². The molecule has 1 N–H and O–H groups in total. The zero-order chi connectivity index (χ0) is 8.60. The molecule has 2 fully saturated rings.